The van der Waals surface area contributed by atoms with Gasteiger partial charge in [0.1, 0.15) is 11.3 Å². The average Bonchev–Trinajstić information content (AvgIpc) is 3.37. The van der Waals surface area contributed by atoms with Crippen molar-refractivity contribution in [2.24, 2.45) is 0 Å². The number of nitrogens with one attached hydrogen (secondary N) is 1. The summed E-state index contributed by atoms with van der Waals surface area (Å²) in [7, 11) is 4.11. The molecule has 9 nitrogen and oxygen atoms in total. The summed E-state index contributed by atoms with van der Waals surface area (Å²) in [4.78, 5) is 30.5. The van der Waals surface area contributed by atoms with Gasteiger partial charge < -0.3 is 19.6 Å². The van der Waals surface area contributed by atoms with Crippen LogP contribution in [-0.2, 0) is 4.79 Å². The predicted molar refractivity (Wildman–Crippen MR) is 158 cm³/mol. The lowest BCUT2D eigenvalue weighted by Crippen LogP contribution is -2.58. The van der Waals surface area contributed by atoms with Crippen molar-refractivity contribution in [3.8, 4) is 11.1 Å². The van der Waals surface area contributed by atoms with Crippen LogP contribution in [0.15, 0.2) is 24.4 Å². The van der Waals surface area contributed by atoms with Crippen LogP contribution in [0.3, 0.4) is 0 Å². The highest BCUT2D eigenvalue weighted by Crippen LogP contribution is 2.43. The quantitative estimate of drug-likeness (QED) is 0.383. The second-order valence-corrected chi connectivity index (χ2v) is 11.5. The average molecular weight is 565 g/mol. The van der Waals surface area contributed by atoms with Crippen LogP contribution < -0.4 is 9.80 Å². The molecule has 0 spiro atoms. The molecule has 1 atom stereocenters. The molecule has 4 heterocycles. The van der Waals surface area contributed by atoms with Gasteiger partial charge in [-0.2, -0.15) is 10.1 Å². The Kier molecular flexibility index (Phi) is 6.78. The minimum Gasteiger partial charge on any atom is -0.350 e. The highest BCUT2D eigenvalue weighted by Gasteiger charge is 2.34. The third-order valence-corrected chi connectivity index (χ3v) is 8.66. The van der Waals surface area contributed by atoms with E-state index in [1.54, 1.807) is 12.3 Å². The fourth-order valence-electron chi connectivity index (χ4n) is 5.88. The molecule has 1 amide bonds. The number of hydrogen-bond donors (Lipinski definition) is 1. The van der Waals surface area contributed by atoms with Gasteiger partial charge in [0.25, 0.3) is 0 Å². The lowest BCUT2D eigenvalue weighted by molar-refractivity contribution is -0.131. The molecular weight excluding hydrogens is 531 g/mol. The van der Waals surface area contributed by atoms with E-state index in [0.29, 0.717) is 65.4 Å². The van der Waals surface area contributed by atoms with Crippen LogP contribution in [-0.4, -0.2) is 94.8 Å². The van der Waals surface area contributed by atoms with Crippen molar-refractivity contribution >= 4 is 51.1 Å². The number of anilines is 2. The van der Waals surface area contributed by atoms with Crippen LogP contribution in [0.25, 0.3) is 32.9 Å². The summed E-state index contributed by atoms with van der Waals surface area (Å²) >= 11 is 6.89. The Labute approximate surface area is 237 Å². The molecule has 40 heavy (non-hydrogen) atoms. The second-order valence-electron chi connectivity index (χ2n) is 11.1. The molecule has 0 aliphatic carbocycles. The first-order valence-electron chi connectivity index (χ1n) is 13.8. The van der Waals surface area contributed by atoms with E-state index in [-0.39, 0.29) is 17.5 Å². The van der Waals surface area contributed by atoms with Gasteiger partial charge in [0.15, 0.2) is 5.82 Å². The van der Waals surface area contributed by atoms with Crippen molar-refractivity contribution in [2.75, 3.05) is 56.6 Å². The SMILES string of the molecule is CCC(=O)N1CCN(c2nc(N3CC(N(C)C)C3)nc3c(F)c(-c4c(C)ccc5[nH]ncc45)c(Cl)cc23)C(C)C1. The number of hydrogen-bond acceptors (Lipinski definition) is 7. The zero-order chi connectivity index (χ0) is 28.3. The maximum atomic E-state index is 16.8. The Morgan fingerprint density at radius 2 is 1.93 bits per heavy atom. The maximum absolute atomic E-state index is 16.8. The largest absolute Gasteiger partial charge is 0.350 e. The Morgan fingerprint density at radius 1 is 1.15 bits per heavy atom. The zero-order valence-electron chi connectivity index (χ0n) is 23.5. The number of amides is 1. The molecule has 2 aliphatic rings. The number of nitrogens with zero attached hydrogens (tertiary/aromatic N) is 7. The standard InChI is InChI=1S/C29H34ClFN8O/c1-6-23(40)37-9-10-39(17(3)13-37)28-19-11-21(30)25(24-16(2)7-8-22-20(24)12-32-35-22)26(31)27(19)33-29(34-28)38-14-18(15-38)36(4)5/h7-8,11-12,17-18H,6,9-10,13-15H2,1-5H3,(H,32,35). The Morgan fingerprint density at radius 3 is 2.62 bits per heavy atom. The zero-order valence-corrected chi connectivity index (χ0v) is 24.3. The number of halogens is 2. The smallest absolute Gasteiger partial charge is 0.228 e. The molecule has 2 aromatic carbocycles. The summed E-state index contributed by atoms with van der Waals surface area (Å²) in [5.74, 6) is 0.819. The van der Waals surface area contributed by atoms with E-state index in [2.05, 4.69) is 45.9 Å². The fraction of sp³-hybridized carbons (Fsp3) is 0.448. The normalized spacial score (nSPS) is 18.3. The molecular formula is C29H34ClFN8O. The van der Waals surface area contributed by atoms with Crippen molar-refractivity contribution in [3.05, 3.63) is 40.8 Å². The molecule has 2 saturated heterocycles. The number of likely N-dealkylation sites (N-methyl/N-ethyl adjacent to an activating group) is 1. The van der Waals surface area contributed by atoms with Gasteiger partial charge in [-0.3, -0.25) is 9.89 Å². The Bertz CT molecular complexity index is 1620. The molecule has 1 N–H and O–H groups in total. The van der Waals surface area contributed by atoms with Crippen LogP contribution in [0.5, 0.6) is 0 Å². The number of aromatic amines is 1. The molecule has 0 radical (unpaired) electrons. The third-order valence-electron chi connectivity index (χ3n) is 8.36. The number of fused-ring (bicyclic) bond motifs is 2. The second kappa shape index (κ2) is 10.2. The first-order valence-corrected chi connectivity index (χ1v) is 14.1. The number of aromatic nitrogens is 4. The Hall–Kier alpha value is -3.50. The van der Waals surface area contributed by atoms with Crippen molar-refractivity contribution in [3.63, 3.8) is 0 Å². The highest BCUT2D eigenvalue weighted by molar-refractivity contribution is 6.35. The molecule has 2 aliphatic heterocycles. The van der Waals surface area contributed by atoms with Crippen LogP contribution >= 0.6 is 11.6 Å². The molecule has 1 unspecified atom stereocenters. The van der Waals surface area contributed by atoms with E-state index >= 15 is 4.39 Å². The van der Waals surface area contributed by atoms with E-state index in [1.165, 1.54) is 0 Å². The first-order chi connectivity index (χ1) is 19.2. The molecule has 0 saturated carbocycles. The minimum atomic E-state index is -0.471. The summed E-state index contributed by atoms with van der Waals surface area (Å²) in [5, 5.41) is 8.81. The summed E-state index contributed by atoms with van der Waals surface area (Å²) in [6.07, 6.45) is 2.18. The number of benzene rings is 2. The number of carbonyl (C=O) groups is 1. The van der Waals surface area contributed by atoms with E-state index in [4.69, 9.17) is 21.6 Å². The van der Waals surface area contributed by atoms with Gasteiger partial charge in [-0.1, -0.05) is 24.6 Å². The van der Waals surface area contributed by atoms with E-state index in [1.807, 2.05) is 30.9 Å². The van der Waals surface area contributed by atoms with E-state index < -0.39 is 5.82 Å². The van der Waals surface area contributed by atoms with Crippen molar-refractivity contribution < 1.29 is 9.18 Å². The Balaban J connectivity index is 1.52. The molecule has 2 aromatic heterocycles. The van der Waals surface area contributed by atoms with Crippen LogP contribution in [0.1, 0.15) is 25.8 Å². The van der Waals surface area contributed by atoms with Crippen molar-refractivity contribution in [1.29, 1.82) is 0 Å². The molecule has 11 heteroatoms. The van der Waals surface area contributed by atoms with Gasteiger partial charge in [-0.25, -0.2) is 9.37 Å². The fourth-order valence-corrected chi connectivity index (χ4v) is 6.17. The van der Waals surface area contributed by atoms with Gasteiger partial charge in [0.2, 0.25) is 11.9 Å². The van der Waals surface area contributed by atoms with Gasteiger partial charge in [0.05, 0.1) is 16.7 Å². The number of H-pyrrole nitrogens is 1. The van der Waals surface area contributed by atoms with Crippen molar-refractivity contribution in [2.45, 2.75) is 39.3 Å². The van der Waals surface area contributed by atoms with Gasteiger partial charge >= 0.3 is 0 Å². The first kappa shape index (κ1) is 26.7. The number of carbonyl (C=O) groups excluding carboxylic acids is 1. The summed E-state index contributed by atoms with van der Waals surface area (Å²) in [6, 6.07) is 6.04. The molecule has 210 valence electrons. The van der Waals surface area contributed by atoms with E-state index in [9.17, 15) is 4.79 Å². The highest BCUT2D eigenvalue weighted by atomic mass is 35.5. The van der Waals surface area contributed by atoms with Crippen LogP contribution in [0.2, 0.25) is 5.02 Å². The molecule has 6 rings (SSSR count). The molecule has 2 fully saturated rings. The molecule has 0 bridgehead atoms. The minimum absolute atomic E-state index is 0.00968. The van der Waals surface area contributed by atoms with Crippen LogP contribution in [0, 0.1) is 12.7 Å². The van der Waals surface area contributed by atoms with Crippen LogP contribution in [0.4, 0.5) is 16.2 Å². The lowest BCUT2D eigenvalue weighted by atomic mass is 9.95. The number of aryl methyl sites for hydroxylation is 1. The van der Waals surface area contributed by atoms with Gasteiger partial charge in [-0.15, -0.1) is 0 Å². The third kappa shape index (κ3) is 4.34. The molecule has 4 aromatic rings. The lowest BCUT2D eigenvalue weighted by Gasteiger charge is -2.44. The summed E-state index contributed by atoms with van der Waals surface area (Å²) < 4.78 is 16.8. The number of rotatable bonds is 5. The summed E-state index contributed by atoms with van der Waals surface area (Å²) in [5.41, 5.74) is 2.96. The predicted octanol–water partition coefficient (Wildman–Crippen LogP) is 4.47. The summed E-state index contributed by atoms with van der Waals surface area (Å²) in [6.45, 7) is 9.18. The topological polar surface area (TPSA) is 84.5 Å². The van der Waals surface area contributed by atoms with Gasteiger partial charge in [0, 0.05) is 73.1 Å². The van der Waals surface area contributed by atoms with Crippen molar-refractivity contribution in [1.82, 2.24) is 30.0 Å². The van der Waals surface area contributed by atoms with E-state index in [0.717, 1.165) is 29.6 Å². The monoisotopic (exact) mass is 564 g/mol. The number of piperazine rings is 1. The maximum Gasteiger partial charge on any atom is 0.228 e. The van der Waals surface area contributed by atoms with Gasteiger partial charge in [-0.05, 0) is 45.6 Å².